The Morgan fingerprint density at radius 2 is 1.75 bits per heavy atom. The van der Waals surface area contributed by atoms with Crippen molar-refractivity contribution in [2.24, 2.45) is 17.8 Å². The number of methoxy groups -OCH3 is 1. The summed E-state index contributed by atoms with van der Waals surface area (Å²) in [7, 11) is 1.59. The third kappa shape index (κ3) is 4.76. The number of nitrogens with one attached hydrogen (secondary N) is 2. The van der Waals surface area contributed by atoms with E-state index in [1.54, 1.807) is 7.11 Å². The summed E-state index contributed by atoms with van der Waals surface area (Å²) in [6.07, 6.45) is 0. The van der Waals surface area contributed by atoms with Gasteiger partial charge in [-0.25, -0.2) is 4.79 Å². The first-order valence-electron chi connectivity index (χ1n) is 7.13. The molecule has 0 heterocycles. The first-order valence-corrected chi connectivity index (χ1v) is 7.13. The molecule has 0 saturated heterocycles. The molecular weight excluding hydrogens is 252 g/mol. The van der Waals surface area contributed by atoms with Gasteiger partial charge in [0.25, 0.3) is 0 Å². The van der Waals surface area contributed by atoms with Gasteiger partial charge in [-0.2, -0.15) is 0 Å². The Labute approximate surface area is 121 Å². The average molecular weight is 278 g/mol. The Kier molecular flexibility index (Phi) is 6.36. The summed E-state index contributed by atoms with van der Waals surface area (Å²) in [6.45, 7) is 9.42. The second-order valence-corrected chi connectivity index (χ2v) is 5.69. The molecule has 0 aliphatic heterocycles. The van der Waals surface area contributed by atoms with Gasteiger partial charge in [0, 0.05) is 6.54 Å². The van der Waals surface area contributed by atoms with Crippen LogP contribution in [0.15, 0.2) is 24.3 Å². The van der Waals surface area contributed by atoms with E-state index in [0.717, 1.165) is 0 Å². The van der Waals surface area contributed by atoms with E-state index in [1.165, 1.54) is 0 Å². The number of hydrogen-bond acceptors (Lipinski definition) is 2. The lowest BCUT2D eigenvalue weighted by atomic mass is 9.85. The van der Waals surface area contributed by atoms with Crippen molar-refractivity contribution in [3.05, 3.63) is 24.3 Å². The molecule has 1 aromatic carbocycles. The number of rotatable bonds is 6. The Morgan fingerprint density at radius 3 is 2.30 bits per heavy atom. The van der Waals surface area contributed by atoms with Gasteiger partial charge < -0.3 is 15.4 Å². The molecular formula is C16H26N2O2. The van der Waals surface area contributed by atoms with Crippen molar-refractivity contribution in [2.45, 2.75) is 27.7 Å². The van der Waals surface area contributed by atoms with Crippen LogP contribution in [0.3, 0.4) is 0 Å². The molecule has 4 heteroatoms. The van der Waals surface area contributed by atoms with Crippen molar-refractivity contribution in [3.63, 3.8) is 0 Å². The molecule has 0 atom stereocenters. The van der Waals surface area contributed by atoms with E-state index in [-0.39, 0.29) is 6.03 Å². The molecule has 2 amide bonds. The van der Waals surface area contributed by atoms with E-state index in [0.29, 0.717) is 35.7 Å². The van der Waals surface area contributed by atoms with Gasteiger partial charge in [0.05, 0.1) is 12.8 Å². The van der Waals surface area contributed by atoms with E-state index in [2.05, 4.69) is 38.3 Å². The van der Waals surface area contributed by atoms with Gasteiger partial charge in [-0.15, -0.1) is 0 Å². The van der Waals surface area contributed by atoms with E-state index >= 15 is 0 Å². The maximum atomic E-state index is 12.0. The van der Waals surface area contributed by atoms with E-state index in [9.17, 15) is 4.79 Å². The topological polar surface area (TPSA) is 50.4 Å². The quantitative estimate of drug-likeness (QED) is 0.832. The van der Waals surface area contributed by atoms with Crippen LogP contribution in [-0.2, 0) is 0 Å². The van der Waals surface area contributed by atoms with Crippen LogP contribution in [0.5, 0.6) is 5.75 Å². The minimum absolute atomic E-state index is 0.194. The number of amides is 2. The van der Waals surface area contributed by atoms with Crippen LogP contribution in [0.1, 0.15) is 27.7 Å². The van der Waals surface area contributed by atoms with Crippen molar-refractivity contribution in [3.8, 4) is 5.75 Å². The highest BCUT2D eigenvalue weighted by molar-refractivity contribution is 5.90. The smallest absolute Gasteiger partial charge is 0.319 e. The summed E-state index contributed by atoms with van der Waals surface area (Å²) in [4.78, 5) is 12.0. The van der Waals surface area contributed by atoms with Gasteiger partial charge in [0.15, 0.2) is 0 Å². The lowest BCUT2D eigenvalue weighted by Gasteiger charge is -2.25. The zero-order chi connectivity index (χ0) is 15.1. The van der Waals surface area contributed by atoms with E-state index in [1.807, 2.05) is 24.3 Å². The molecule has 1 rings (SSSR count). The Bertz CT molecular complexity index is 422. The fourth-order valence-electron chi connectivity index (χ4n) is 2.37. The molecule has 2 N–H and O–H groups in total. The average Bonchev–Trinajstić information content (AvgIpc) is 2.38. The molecule has 0 spiro atoms. The zero-order valence-corrected chi connectivity index (χ0v) is 13.1. The number of carbonyl (C=O) groups is 1. The van der Waals surface area contributed by atoms with Crippen molar-refractivity contribution in [1.29, 1.82) is 0 Å². The molecule has 0 aliphatic rings. The first-order chi connectivity index (χ1) is 9.45. The Hall–Kier alpha value is -1.71. The molecule has 112 valence electrons. The van der Waals surface area contributed by atoms with Crippen LogP contribution in [0.2, 0.25) is 0 Å². The fraction of sp³-hybridized carbons (Fsp3) is 0.562. The maximum absolute atomic E-state index is 12.0. The van der Waals surface area contributed by atoms with Crippen LogP contribution in [0.25, 0.3) is 0 Å². The second-order valence-electron chi connectivity index (χ2n) is 5.69. The molecule has 0 fully saturated rings. The number of carbonyl (C=O) groups excluding carboxylic acids is 1. The normalized spacial score (nSPS) is 11.0. The highest BCUT2D eigenvalue weighted by Gasteiger charge is 2.18. The SMILES string of the molecule is COc1ccccc1NC(=O)NCC(C(C)C)C(C)C. The summed E-state index contributed by atoms with van der Waals surface area (Å²) in [5, 5.41) is 5.76. The molecule has 0 aliphatic carbocycles. The Balaban J connectivity index is 2.55. The third-order valence-corrected chi connectivity index (χ3v) is 3.57. The summed E-state index contributed by atoms with van der Waals surface area (Å²) in [5.41, 5.74) is 0.679. The van der Waals surface area contributed by atoms with Gasteiger partial charge in [-0.05, 0) is 29.9 Å². The largest absolute Gasteiger partial charge is 0.495 e. The number of urea groups is 1. The predicted molar refractivity (Wildman–Crippen MR) is 83.2 cm³/mol. The van der Waals surface area contributed by atoms with Crippen LogP contribution in [-0.4, -0.2) is 19.7 Å². The minimum Gasteiger partial charge on any atom is -0.495 e. The van der Waals surface area contributed by atoms with Gasteiger partial charge in [-0.3, -0.25) is 0 Å². The highest BCUT2D eigenvalue weighted by atomic mass is 16.5. The number of benzene rings is 1. The number of ether oxygens (including phenoxy) is 1. The molecule has 0 saturated carbocycles. The molecule has 1 aromatic rings. The van der Waals surface area contributed by atoms with Crippen LogP contribution >= 0.6 is 0 Å². The summed E-state index contributed by atoms with van der Waals surface area (Å²) in [6, 6.07) is 7.18. The van der Waals surface area contributed by atoms with Crippen molar-refractivity contribution in [1.82, 2.24) is 5.32 Å². The van der Waals surface area contributed by atoms with Crippen molar-refractivity contribution < 1.29 is 9.53 Å². The molecule has 0 bridgehead atoms. The molecule has 0 aromatic heterocycles. The summed E-state index contributed by atoms with van der Waals surface area (Å²) < 4.78 is 5.21. The molecule has 0 unspecified atom stereocenters. The molecule has 0 radical (unpaired) electrons. The second kappa shape index (κ2) is 7.78. The standard InChI is InChI=1S/C16H26N2O2/c1-11(2)13(12(3)4)10-17-16(19)18-14-8-6-7-9-15(14)20-5/h6-9,11-13H,10H2,1-5H3,(H2,17,18,19). The van der Waals surface area contributed by atoms with Gasteiger partial charge in [0.2, 0.25) is 0 Å². The molecule has 20 heavy (non-hydrogen) atoms. The number of anilines is 1. The van der Waals surface area contributed by atoms with Gasteiger partial charge >= 0.3 is 6.03 Å². The summed E-state index contributed by atoms with van der Waals surface area (Å²) >= 11 is 0. The van der Waals surface area contributed by atoms with Crippen LogP contribution in [0.4, 0.5) is 10.5 Å². The predicted octanol–water partition coefficient (Wildman–Crippen LogP) is 3.74. The van der Waals surface area contributed by atoms with Crippen LogP contribution < -0.4 is 15.4 Å². The molecule has 4 nitrogen and oxygen atoms in total. The number of hydrogen-bond donors (Lipinski definition) is 2. The summed E-state index contributed by atoms with van der Waals surface area (Å²) in [5.74, 6) is 2.22. The van der Waals surface area contributed by atoms with Gasteiger partial charge in [-0.1, -0.05) is 39.8 Å². The van der Waals surface area contributed by atoms with E-state index < -0.39 is 0 Å². The van der Waals surface area contributed by atoms with Crippen LogP contribution in [0, 0.1) is 17.8 Å². The third-order valence-electron chi connectivity index (χ3n) is 3.57. The van der Waals surface area contributed by atoms with E-state index in [4.69, 9.17) is 4.74 Å². The monoisotopic (exact) mass is 278 g/mol. The zero-order valence-electron chi connectivity index (χ0n) is 13.1. The van der Waals surface area contributed by atoms with Crippen molar-refractivity contribution >= 4 is 11.7 Å². The minimum atomic E-state index is -0.194. The van der Waals surface area contributed by atoms with Crippen molar-refractivity contribution in [2.75, 3.05) is 19.0 Å². The lowest BCUT2D eigenvalue weighted by molar-refractivity contribution is 0.239. The fourth-order valence-corrected chi connectivity index (χ4v) is 2.37. The maximum Gasteiger partial charge on any atom is 0.319 e. The van der Waals surface area contributed by atoms with Gasteiger partial charge in [0.1, 0.15) is 5.75 Å². The lowest BCUT2D eigenvalue weighted by Crippen LogP contribution is -2.36. The Morgan fingerprint density at radius 1 is 1.15 bits per heavy atom. The number of para-hydroxylation sites is 2. The first kappa shape index (κ1) is 16.3. The highest BCUT2D eigenvalue weighted by Crippen LogP contribution is 2.23.